The standard InChI is InChI=1S/C25H20BrN5/c26-24-9-3-8-22(30-24)23-13-19(17-5-4-11-27-15-17)14-25(31-23)28-12-10-18-16-29-21-7-2-1-6-20(18)21/h1-9,11,13-16,29H,10,12H2,(H,28,31). The SMILES string of the molecule is Brc1cccc(-c2cc(-c3cccnc3)cc(NCCc3c[nH]c4ccccc34)n2)n1. The maximum atomic E-state index is 4.83. The number of fused-ring (bicyclic) bond motifs is 1. The van der Waals surface area contributed by atoms with Crippen molar-refractivity contribution in [3.8, 4) is 22.5 Å². The largest absolute Gasteiger partial charge is 0.370 e. The predicted molar refractivity (Wildman–Crippen MR) is 129 cm³/mol. The molecule has 0 saturated carbocycles. The van der Waals surface area contributed by atoms with E-state index in [0.717, 1.165) is 51.4 Å². The molecule has 31 heavy (non-hydrogen) atoms. The molecule has 0 saturated heterocycles. The quantitative estimate of drug-likeness (QED) is 0.294. The highest BCUT2D eigenvalue weighted by Crippen LogP contribution is 2.27. The van der Waals surface area contributed by atoms with Crippen LogP contribution in [-0.4, -0.2) is 26.5 Å². The molecule has 6 heteroatoms. The number of nitrogens with zero attached hydrogens (tertiary/aromatic N) is 3. The number of hydrogen-bond donors (Lipinski definition) is 2. The average Bonchev–Trinajstić information content (AvgIpc) is 3.23. The van der Waals surface area contributed by atoms with E-state index in [0.29, 0.717) is 0 Å². The molecular weight excluding hydrogens is 450 g/mol. The summed E-state index contributed by atoms with van der Waals surface area (Å²) < 4.78 is 0.785. The number of hydrogen-bond acceptors (Lipinski definition) is 4. The van der Waals surface area contributed by atoms with Crippen LogP contribution in [0, 0.1) is 0 Å². The normalized spacial score (nSPS) is 11.0. The van der Waals surface area contributed by atoms with E-state index in [1.807, 2.05) is 36.5 Å². The number of nitrogens with one attached hydrogen (secondary N) is 2. The highest BCUT2D eigenvalue weighted by atomic mass is 79.9. The summed E-state index contributed by atoms with van der Waals surface area (Å²) in [5.41, 5.74) is 6.19. The van der Waals surface area contributed by atoms with Crippen LogP contribution in [0.15, 0.2) is 89.9 Å². The van der Waals surface area contributed by atoms with E-state index in [4.69, 9.17) is 4.98 Å². The second kappa shape index (κ2) is 8.70. The summed E-state index contributed by atoms with van der Waals surface area (Å²) in [6.07, 6.45) is 6.63. The molecule has 0 aliphatic carbocycles. The molecule has 152 valence electrons. The molecule has 0 radical (unpaired) electrons. The van der Waals surface area contributed by atoms with E-state index in [1.165, 1.54) is 10.9 Å². The van der Waals surface area contributed by atoms with Crippen molar-refractivity contribution in [3.63, 3.8) is 0 Å². The van der Waals surface area contributed by atoms with Crippen molar-refractivity contribution < 1.29 is 0 Å². The van der Waals surface area contributed by atoms with Gasteiger partial charge in [0.15, 0.2) is 0 Å². The average molecular weight is 470 g/mol. The van der Waals surface area contributed by atoms with Gasteiger partial charge in [0.25, 0.3) is 0 Å². The highest BCUT2D eigenvalue weighted by Gasteiger charge is 2.09. The van der Waals surface area contributed by atoms with Crippen LogP contribution in [0.25, 0.3) is 33.4 Å². The van der Waals surface area contributed by atoms with Crippen molar-refractivity contribution in [3.05, 3.63) is 95.5 Å². The zero-order valence-corrected chi connectivity index (χ0v) is 18.3. The Morgan fingerprint density at radius 3 is 2.68 bits per heavy atom. The van der Waals surface area contributed by atoms with Gasteiger partial charge in [0.1, 0.15) is 10.4 Å². The molecule has 0 fully saturated rings. The van der Waals surface area contributed by atoms with Gasteiger partial charge in [0, 0.05) is 41.6 Å². The van der Waals surface area contributed by atoms with Crippen molar-refractivity contribution in [1.82, 2.24) is 19.9 Å². The number of H-pyrrole nitrogens is 1. The summed E-state index contributed by atoms with van der Waals surface area (Å²) in [5.74, 6) is 0.818. The van der Waals surface area contributed by atoms with Gasteiger partial charge in [-0.15, -0.1) is 0 Å². The molecule has 0 amide bonds. The topological polar surface area (TPSA) is 66.5 Å². The first-order valence-corrected chi connectivity index (χ1v) is 10.9. The van der Waals surface area contributed by atoms with Crippen LogP contribution in [0.3, 0.4) is 0 Å². The minimum absolute atomic E-state index is 0.774. The van der Waals surface area contributed by atoms with Crippen LogP contribution in [0.2, 0.25) is 0 Å². The lowest BCUT2D eigenvalue weighted by Crippen LogP contribution is -2.07. The molecule has 5 nitrogen and oxygen atoms in total. The number of halogens is 1. The zero-order chi connectivity index (χ0) is 21.0. The number of rotatable bonds is 6. The third kappa shape index (κ3) is 4.34. The Hall–Kier alpha value is -3.51. The van der Waals surface area contributed by atoms with E-state index >= 15 is 0 Å². The van der Waals surface area contributed by atoms with Crippen molar-refractivity contribution in [2.24, 2.45) is 0 Å². The second-order valence-electron chi connectivity index (χ2n) is 7.25. The number of benzene rings is 1. The van der Waals surface area contributed by atoms with Gasteiger partial charge < -0.3 is 10.3 Å². The summed E-state index contributed by atoms with van der Waals surface area (Å²) in [6.45, 7) is 0.774. The Labute approximate surface area is 188 Å². The number of aromatic nitrogens is 4. The van der Waals surface area contributed by atoms with Crippen molar-refractivity contribution in [1.29, 1.82) is 0 Å². The molecule has 1 aromatic carbocycles. The van der Waals surface area contributed by atoms with E-state index < -0.39 is 0 Å². The van der Waals surface area contributed by atoms with E-state index in [9.17, 15) is 0 Å². The zero-order valence-electron chi connectivity index (χ0n) is 16.7. The van der Waals surface area contributed by atoms with Gasteiger partial charge in [-0.2, -0.15) is 0 Å². The third-order valence-electron chi connectivity index (χ3n) is 5.17. The minimum atomic E-state index is 0.774. The lowest BCUT2D eigenvalue weighted by molar-refractivity contribution is 1.01. The van der Waals surface area contributed by atoms with Gasteiger partial charge in [-0.25, -0.2) is 9.97 Å². The minimum Gasteiger partial charge on any atom is -0.370 e. The molecule has 4 aromatic heterocycles. The monoisotopic (exact) mass is 469 g/mol. The molecule has 0 bridgehead atoms. The molecule has 0 aliphatic rings. The summed E-state index contributed by atoms with van der Waals surface area (Å²) in [7, 11) is 0. The lowest BCUT2D eigenvalue weighted by Gasteiger charge is -2.11. The molecule has 0 spiro atoms. The maximum absolute atomic E-state index is 4.83. The smallest absolute Gasteiger partial charge is 0.127 e. The van der Waals surface area contributed by atoms with Crippen molar-refractivity contribution >= 4 is 32.7 Å². The molecule has 5 rings (SSSR count). The molecule has 4 heterocycles. The molecule has 0 atom stereocenters. The first kappa shape index (κ1) is 19.5. The first-order valence-electron chi connectivity index (χ1n) is 10.1. The van der Waals surface area contributed by atoms with Gasteiger partial charge in [-0.1, -0.05) is 30.3 Å². The summed E-state index contributed by atoms with van der Waals surface area (Å²) in [6, 6.07) is 22.3. The van der Waals surface area contributed by atoms with Gasteiger partial charge in [-0.05, 0) is 69.9 Å². The lowest BCUT2D eigenvalue weighted by atomic mass is 10.1. The fraction of sp³-hybridized carbons (Fsp3) is 0.0800. The Kier molecular flexibility index (Phi) is 5.46. The number of pyridine rings is 3. The molecular formula is C25H20BrN5. The molecule has 5 aromatic rings. The fourth-order valence-electron chi connectivity index (χ4n) is 3.67. The van der Waals surface area contributed by atoms with Gasteiger partial charge in [0.05, 0.1) is 11.4 Å². The Morgan fingerprint density at radius 1 is 0.871 bits per heavy atom. The summed E-state index contributed by atoms with van der Waals surface area (Å²) in [4.78, 5) is 17.0. The van der Waals surface area contributed by atoms with E-state index in [-0.39, 0.29) is 0 Å². The molecule has 0 unspecified atom stereocenters. The van der Waals surface area contributed by atoms with Crippen LogP contribution >= 0.6 is 15.9 Å². The first-order chi connectivity index (χ1) is 15.3. The van der Waals surface area contributed by atoms with Crippen LogP contribution in [0.5, 0.6) is 0 Å². The maximum Gasteiger partial charge on any atom is 0.127 e. The Bertz CT molecular complexity index is 1330. The Balaban J connectivity index is 1.43. The second-order valence-corrected chi connectivity index (χ2v) is 8.06. The fourth-order valence-corrected chi connectivity index (χ4v) is 4.01. The van der Waals surface area contributed by atoms with Gasteiger partial charge >= 0.3 is 0 Å². The van der Waals surface area contributed by atoms with E-state index in [1.54, 1.807) is 6.20 Å². The highest BCUT2D eigenvalue weighted by molar-refractivity contribution is 9.10. The van der Waals surface area contributed by atoms with E-state index in [2.05, 4.69) is 78.8 Å². The van der Waals surface area contributed by atoms with Crippen LogP contribution < -0.4 is 5.32 Å². The van der Waals surface area contributed by atoms with Crippen molar-refractivity contribution in [2.45, 2.75) is 6.42 Å². The molecule has 2 N–H and O–H groups in total. The van der Waals surface area contributed by atoms with Crippen LogP contribution in [0.1, 0.15) is 5.56 Å². The number of anilines is 1. The predicted octanol–water partition coefficient (Wildman–Crippen LogP) is 6.10. The van der Waals surface area contributed by atoms with Crippen LogP contribution in [0.4, 0.5) is 5.82 Å². The van der Waals surface area contributed by atoms with Gasteiger partial charge in [-0.3, -0.25) is 4.98 Å². The third-order valence-corrected chi connectivity index (χ3v) is 5.61. The number of para-hydroxylation sites is 1. The van der Waals surface area contributed by atoms with Gasteiger partial charge in [0.2, 0.25) is 0 Å². The molecule has 0 aliphatic heterocycles. The van der Waals surface area contributed by atoms with Crippen molar-refractivity contribution in [2.75, 3.05) is 11.9 Å². The Morgan fingerprint density at radius 2 is 1.81 bits per heavy atom. The van der Waals surface area contributed by atoms with Crippen LogP contribution in [-0.2, 0) is 6.42 Å². The number of aromatic amines is 1. The summed E-state index contributed by atoms with van der Waals surface area (Å²) >= 11 is 3.46. The summed E-state index contributed by atoms with van der Waals surface area (Å²) in [5, 5.41) is 4.76.